The van der Waals surface area contributed by atoms with Crippen LogP contribution in [0.1, 0.15) is 178 Å². The van der Waals surface area contributed by atoms with Crippen molar-refractivity contribution in [1.82, 2.24) is 0 Å². The van der Waals surface area contributed by atoms with E-state index in [4.69, 9.17) is 18.9 Å². The number of ether oxygens (including phenoxy) is 4. The van der Waals surface area contributed by atoms with Crippen molar-refractivity contribution < 1.29 is 147 Å². The molecule has 0 spiro atoms. The highest BCUT2D eigenvalue weighted by molar-refractivity contribution is 6.36. The van der Waals surface area contributed by atoms with E-state index < -0.39 is 221 Å². The Bertz CT molecular complexity index is 7180. The Balaban J connectivity index is 0.524. The van der Waals surface area contributed by atoms with E-state index in [0.717, 1.165) is 166 Å². The number of amides is 8. The van der Waals surface area contributed by atoms with E-state index in [0.29, 0.717) is 9.80 Å². The maximum atomic E-state index is 15.7. The van der Waals surface area contributed by atoms with Crippen molar-refractivity contribution >= 4 is 105 Å². The molecule has 0 fully saturated rings. The first-order valence-corrected chi connectivity index (χ1v) is 43.1. The number of esters is 2. The summed E-state index contributed by atoms with van der Waals surface area (Å²) in [6, 6.07) is 58.7. The Morgan fingerprint density at radius 3 is 0.743 bits per heavy atom. The molecule has 2 atom stereocenters. The molecule has 0 saturated carbocycles. The first kappa shape index (κ1) is 98.3. The summed E-state index contributed by atoms with van der Waals surface area (Å²) in [5, 5.41) is 75.5. The average Bonchev–Trinajstić information content (AvgIpc) is 1.25. The molecule has 0 aliphatic carbocycles. The van der Waals surface area contributed by atoms with Gasteiger partial charge in [0.15, 0.2) is 24.8 Å². The molecule has 2 aliphatic rings. The largest absolute Gasteiger partial charge is 0.506 e. The number of rotatable bonds is 28. The molecule has 37 heteroatoms. The number of Topliss-reactive ketones (excluding diaryl/α,β-unsaturated/α-hetero) is 2. The summed E-state index contributed by atoms with van der Waals surface area (Å²) in [7, 11) is 0. The number of hydrogen-bond acceptors (Lipinski definition) is 22. The molecule has 8 amide bonds. The van der Waals surface area contributed by atoms with Crippen LogP contribution >= 0.6 is 0 Å². The van der Waals surface area contributed by atoms with Gasteiger partial charge >= 0.3 is 30.5 Å². The first-order chi connectivity index (χ1) is 68.3. The van der Waals surface area contributed by atoms with Crippen molar-refractivity contribution in [2.24, 2.45) is 0 Å². The molecule has 2 heterocycles. The highest BCUT2D eigenvalue weighted by Crippen LogP contribution is 2.54. The van der Waals surface area contributed by atoms with Crippen molar-refractivity contribution in [3.8, 4) is 57.5 Å². The zero-order valence-corrected chi connectivity index (χ0v) is 74.8. The Kier molecular flexibility index (Phi) is 26.3. The van der Waals surface area contributed by atoms with Gasteiger partial charge in [0.05, 0.1) is 67.5 Å². The number of anilines is 6. The number of ketones is 2. The van der Waals surface area contributed by atoms with E-state index in [1.54, 1.807) is 36.4 Å². The predicted molar refractivity (Wildman–Crippen MR) is 501 cm³/mol. The number of benzene rings is 14. The van der Waals surface area contributed by atoms with Crippen LogP contribution in [0, 0.1) is 0 Å². The zero-order chi connectivity index (χ0) is 103. The number of imide groups is 2. The lowest BCUT2D eigenvalue weighted by atomic mass is 9.75. The average molecular weight is 1970 g/mol. The number of fused-ring (bicyclic) bond motifs is 2. The molecule has 2 unspecified atom stereocenters. The fraction of sp³-hybridized carbons (Fsp3) is 0.103. The molecule has 0 bridgehead atoms. The second-order valence-corrected chi connectivity index (χ2v) is 33.5. The summed E-state index contributed by atoms with van der Waals surface area (Å²) in [4.78, 5) is 163. The third kappa shape index (κ3) is 19.2. The van der Waals surface area contributed by atoms with Crippen LogP contribution in [0.15, 0.2) is 303 Å². The van der Waals surface area contributed by atoms with Gasteiger partial charge in [-0.2, -0.15) is 39.5 Å². The minimum Gasteiger partial charge on any atom is -0.506 e. The van der Waals surface area contributed by atoms with E-state index >= 15 is 39.5 Å². The number of nitrogens with one attached hydrogen (secondary N) is 4. The highest BCUT2D eigenvalue weighted by Gasteiger charge is 2.57. The molecule has 28 nitrogen and oxygen atoms in total. The third-order valence-corrected chi connectivity index (χ3v) is 24.6. The fourth-order valence-corrected chi connectivity index (χ4v) is 16.1. The first-order valence-electron chi connectivity index (χ1n) is 43.1. The normalized spacial score (nSPS) is 13.6. The van der Waals surface area contributed by atoms with Gasteiger partial charge in [0.2, 0.25) is 0 Å². The minimum atomic E-state index is -5.21. The Morgan fingerprint density at radius 2 is 0.493 bits per heavy atom. The number of hydrogen-bond donors (Lipinski definition) is 10. The van der Waals surface area contributed by atoms with Crippen LogP contribution in [0.2, 0.25) is 0 Å². The van der Waals surface area contributed by atoms with Gasteiger partial charge < -0.3 is 70.9 Å². The second kappa shape index (κ2) is 38.6. The lowest BCUT2D eigenvalue weighted by Crippen LogP contribution is -2.41. The number of alkyl halides is 9. The second-order valence-electron chi connectivity index (χ2n) is 33.5. The standard InChI is InChI=1S/C107H73F9N6O22/c1-102(105(108,109)110,64-24-40-84(123)78(48-64)117-92(131)58-14-30-70(31-15-58)143-72-34-18-60(19-35-72)94(133)119-80-50-66(26-42-86(80)125)103(2,106(111,112)113)68-28-44-88(127)82(52-68)121-96(135)74-38-22-62(46-76(74)98(121)137)100(139)141-54-90(129)56-10-6-4-7-11-56)65-25-41-85(124)79(49-65)118-93(132)59-16-32-71(33-17-59)144-73-36-20-61(21-37-73)95(134)120-81-51-67(27-43-87(81)126)104(3,107(114,115)116)69-29-45-89(128)83(53-69)122-97(136)75-39-23-63(47-77(75)99(122)138)101(140)142-55-91(130)57-12-8-5-9-13-57/h4-53,123-128H,54-55H2,1-3H3,(H,117,131)(H,118,132)(H,119,133)(H,120,134). The monoisotopic (exact) mass is 1960 g/mol. The van der Waals surface area contributed by atoms with E-state index in [1.165, 1.54) is 121 Å². The fourth-order valence-electron chi connectivity index (χ4n) is 16.1. The topological polar surface area (TPSA) is 418 Å². The van der Waals surface area contributed by atoms with E-state index in [-0.39, 0.29) is 89.8 Å². The number of halogens is 9. The van der Waals surface area contributed by atoms with Crippen molar-refractivity contribution in [1.29, 1.82) is 0 Å². The van der Waals surface area contributed by atoms with Gasteiger partial charge in [-0.1, -0.05) is 97.1 Å². The maximum absolute atomic E-state index is 15.7. The number of carbonyl (C=O) groups excluding carboxylic acids is 12. The van der Waals surface area contributed by atoms with Crippen LogP contribution in [0.4, 0.5) is 73.6 Å². The molecule has 0 saturated heterocycles. The summed E-state index contributed by atoms with van der Waals surface area (Å²) in [6.45, 7) is 0.932. The summed E-state index contributed by atoms with van der Waals surface area (Å²) < 4.78 is 164. The minimum absolute atomic E-state index is 0.0977. The van der Waals surface area contributed by atoms with Crippen LogP contribution in [0.25, 0.3) is 0 Å². The quantitative estimate of drug-likeness (QED) is 0.00716. The van der Waals surface area contributed by atoms with Crippen LogP contribution in [-0.2, 0) is 25.7 Å². The van der Waals surface area contributed by atoms with Crippen molar-refractivity contribution in [3.63, 3.8) is 0 Å². The zero-order valence-electron chi connectivity index (χ0n) is 74.8. The Labute approximate surface area is 808 Å². The van der Waals surface area contributed by atoms with E-state index in [9.17, 15) is 88.2 Å². The number of aromatic hydroxyl groups is 6. The molecule has 14 aromatic carbocycles. The summed E-state index contributed by atoms with van der Waals surface area (Å²) in [6.07, 6.45) is -15.6. The molecular formula is C107H73F9N6O22. The van der Waals surface area contributed by atoms with Crippen molar-refractivity contribution in [2.45, 2.75) is 55.5 Å². The van der Waals surface area contributed by atoms with Gasteiger partial charge in [0, 0.05) is 33.4 Å². The Morgan fingerprint density at radius 1 is 0.264 bits per heavy atom. The van der Waals surface area contributed by atoms with Crippen molar-refractivity contribution in [2.75, 3.05) is 44.3 Å². The highest BCUT2D eigenvalue weighted by atomic mass is 19.4. The molecular weight excluding hydrogens is 1890 g/mol. The van der Waals surface area contributed by atoms with Gasteiger partial charge in [-0.3, -0.25) is 47.9 Å². The molecule has 2 aliphatic heterocycles. The van der Waals surface area contributed by atoms with Gasteiger partial charge in [0.1, 0.15) is 73.7 Å². The molecule has 10 N–H and O–H groups in total. The number of phenols is 6. The van der Waals surface area contributed by atoms with Gasteiger partial charge in [-0.25, -0.2) is 19.4 Å². The third-order valence-electron chi connectivity index (χ3n) is 24.6. The molecule has 14 aromatic rings. The van der Waals surface area contributed by atoms with Crippen LogP contribution in [-0.4, -0.2) is 133 Å². The lowest BCUT2D eigenvalue weighted by Gasteiger charge is -2.34. The smallest absolute Gasteiger partial charge is 0.402 e. The maximum Gasteiger partial charge on any atom is 0.402 e. The summed E-state index contributed by atoms with van der Waals surface area (Å²) in [5.74, 6) is -15.1. The Hall–Kier alpha value is -18.7. The number of phenolic OH excluding ortho intramolecular Hbond substituents is 6. The molecule has 144 heavy (non-hydrogen) atoms. The molecule has 0 aromatic heterocycles. The van der Waals surface area contributed by atoms with Gasteiger partial charge in [0.25, 0.3) is 47.3 Å². The van der Waals surface area contributed by atoms with Crippen molar-refractivity contribution in [3.05, 3.63) is 403 Å². The molecule has 726 valence electrons. The van der Waals surface area contributed by atoms with Crippen LogP contribution in [0.5, 0.6) is 57.5 Å². The van der Waals surface area contributed by atoms with Gasteiger partial charge in [-0.15, -0.1) is 0 Å². The SMILES string of the molecule is CC(c1ccc(O)c(NC(=O)c2ccc(Oc3ccc(C(=O)Nc4cc(C(C)(c5ccc(O)c(N6C(=O)c7ccc(C(=O)OCC(=O)c8ccccc8)cc7C6=O)c5)C(F)(F)F)ccc4O)cc3)cc2)c1)(c1ccc(O)c(NC(=O)c2ccc(Oc3ccc(C(=O)Nc4cc(C(C)(c5ccc(O)c(N6C(=O)c7ccc(C(=O)OCC(=O)c8ccccc8)cc7C6=O)c5)C(F)(F)F)ccc4O)cc3)cc2)c1)C(F)(F)F. The predicted octanol–water partition coefficient (Wildman–Crippen LogP) is 20.8. The van der Waals surface area contributed by atoms with E-state index in [1.807, 2.05) is 0 Å². The van der Waals surface area contributed by atoms with Gasteiger partial charge in [-0.05, 0) is 260 Å². The van der Waals surface area contributed by atoms with Crippen LogP contribution < -0.4 is 40.5 Å². The van der Waals surface area contributed by atoms with Crippen LogP contribution in [0.3, 0.4) is 0 Å². The number of nitrogens with zero attached hydrogens (tertiary/aromatic N) is 2. The molecule has 0 radical (unpaired) electrons. The summed E-state index contributed by atoms with van der Waals surface area (Å²) in [5.41, 5.74) is -17.6. The summed E-state index contributed by atoms with van der Waals surface area (Å²) >= 11 is 0. The number of carbonyl (C=O) groups is 12. The van der Waals surface area contributed by atoms with E-state index in [2.05, 4.69) is 21.3 Å². The molecule has 16 rings (SSSR count). The lowest BCUT2D eigenvalue weighted by molar-refractivity contribution is -0.173.